The van der Waals surface area contributed by atoms with Crippen LogP contribution in [0.2, 0.25) is 5.15 Å². The quantitative estimate of drug-likeness (QED) is 0.144. The first-order chi connectivity index (χ1) is 22.9. The number of anilines is 1. The minimum absolute atomic E-state index is 0.0772. The maximum Gasteiger partial charge on any atom is 0.407 e. The number of ether oxygens (including phenoxy) is 1. The molecule has 0 radical (unpaired) electrons. The molecule has 2 amide bonds. The highest BCUT2D eigenvalue weighted by Gasteiger charge is 2.62. The Hall–Kier alpha value is -4.12. The number of rotatable bonds is 13. The lowest BCUT2D eigenvalue weighted by atomic mass is 9.93. The highest BCUT2D eigenvalue weighted by molar-refractivity contribution is 7.90. The third-order valence-corrected chi connectivity index (χ3v) is 10.6. The van der Waals surface area contributed by atoms with Gasteiger partial charge in [-0.25, -0.2) is 24.2 Å². The van der Waals surface area contributed by atoms with E-state index in [-0.39, 0.29) is 65.0 Å². The molecule has 1 saturated carbocycles. The highest BCUT2D eigenvalue weighted by atomic mass is 35.5. The maximum absolute atomic E-state index is 13.2. The van der Waals surface area contributed by atoms with Gasteiger partial charge in [0.15, 0.2) is 10.8 Å². The Labute approximate surface area is 286 Å². The van der Waals surface area contributed by atoms with Gasteiger partial charge in [-0.2, -0.15) is 21.6 Å². The van der Waals surface area contributed by atoms with E-state index in [2.05, 4.69) is 20.4 Å². The summed E-state index contributed by atoms with van der Waals surface area (Å²) in [4.78, 5) is 34.3. The Morgan fingerprint density at radius 3 is 2.51 bits per heavy atom. The molecule has 0 aromatic carbocycles. The standard InChI is InChI=1S/C31H37ClF3N7O6S/c1-19-6-8-22(36-14-4-5-20-17-29(2,3)41(18-20)28(44)45)37-27(19)49(46,47)40-26(43)21-7-9-23(38-25(21)32)42-15-10-24(39-42)48-16-13-30(11-12-30)31(33,34)35/h6-10,15,20H,4-5,11-14,16-18H2,1-3H3,(H,36,37)(H,40,43)(H,44,45)/t20-/m0/s1. The lowest BCUT2D eigenvalue weighted by Gasteiger charge is -2.28. The number of nitrogens with zero attached hydrogens (tertiary/aromatic N) is 5. The molecule has 1 saturated heterocycles. The Kier molecular flexibility index (Phi) is 10.1. The summed E-state index contributed by atoms with van der Waals surface area (Å²) < 4.78 is 74.5. The van der Waals surface area contributed by atoms with Crippen LogP contribution in [0.4, 0.5) is 23.8 Å². The Bertz CT molecular complexity index is 1830. The van der Waals surface area contributed by atoms with E-state index in [0.717, 1.165) is 12.8 Å². The predicted molar refractivity (Wildman–Crippen MR) is 172 cm³/mol. The predicted octanol–water partition coefficient (Wildman–Crippen LogP) is 5.82. The number of carboxylic acid groups (broad SMARTS) is 1. The van der Waals surface area contributed by atoms with Gasteiger partial charge < -0.3 is 20.1 Å². The van der Waals surface area contributed by atoms with E-state index < -0.39 is 39.2 Å². The molecule has 2 aliphatic rings. The number of sulfonamides is 1. The van der Waals surface area contributed by atoms with Crippen molar-refractivity contribution in [2.75, 3.05) is 25.0 Å². The van der Waals surface area contributed by atoms with E-state index in [9.17, 15) is 36.3 Å². The van der Waals surface area contributed by atoms with Gasteiger partial charge in [0.05, 0.1) is 17.6 Å². The number of alkyl halides is 3. The second-order valence-electron chi connectivity index (χ2n) is 13.1. The number of likely N-dealkylation sites (tertiary alicyclic amines) is 1. The van der Waals surface area contributed by atoms with Gasteiger partial charge in [0.25, 0.3) is 15.9 Å². The summed E-state index contributed by atoms with van der Waals surface area (Å²) in [5.41, 5.74) is -2.05. The number of aryl methyl sites for hydroxylation is 1. The van der Waals surface area contributed by atoms with Gasteiger partial charge in [0, 0.05) is 30.9 Å². The highest BCUT2D eigenvalue weighted by Crippen LogP contribution is 2.59. The number of hydrogen-bond acceptors (Lipinski definition) is 9. The number of nitrogens with one attached hydrogen (secondary N) is 2. The van der Waals surface area contributed by atoms with E-state index in [4.69, 9.17) is 16.3 Å². The molecule has 4 heterocycles. The van der Waals surface area contributed by atoms with E-state index in [1.165, 1.54) is 40.9 Å². The fourth-order valence-corrected chi connectivity index (χ4v) is 7.44. The smallest absolute Gasteiger partial charge is 0.407 e. The molecular formula is C31H37ClF3N7O6S. The second kappa shape index (κ2) is 13.7. The summed E-state index contributed by atoms with van der Waals surface area (Å²) >= 11 is 6.25. The molecule has 3 aromatic rings. The summed E-state index contributed by atoms with van der Waals surface area (Å²) in [5.74, 6) is -0.308. The second-order valence-corrected chi connectivity index (χ2v) is 15.0. The topological polar surface area (TPSA) is 169 Å². The number of pyridine rings is 2. The molecule has 0 spiro atoms. The summed E-state index contributed by atoms with van der Waals surface area (Å²) in [6.07, 6.45) is -1.53. The van der Waals surface area contributed by atoms with E-state index >= 15 is 0 Å². The first kappa shape index (κ1) is 36.2. The number of hydrogen-bond donors (Lipinski definition) is 3. The van der Waals surface area contributed by atoms with Gasteiger partial charge in [-0.3, -0.25) is 4.79 Å². The first-order valence-electron chi connectivity index (χ1n) is 15.6. The van der Waals surface area contributed by atoms with Crippen LogP contribution in [0.3, 0.4) is 0 Å². The van der Waals surface area contributed by atoms with Crippen molar-refractivity contribution in [2.45, 2.75) is 76.0 Å². The summed E-state index contributed by atoms with van der Waals surface area (Å²) in [5, 5.41) is 16.0. The molecule has 0 unspecified atom stereocenters. The van der Waals surface area contributed by atoms with E-state index in [1.54, 1.807) is 12.1 Å². The number of carbonyl (C=O) groups is 2. The molecule has 13 nitrogen and oxygen atoms in total. The molecule has 1 aliphatic carbocycles. The Balaban J connectivity index is 1.16. The lowest BCUT2D eigenvalue weighted by Crippen LogP contribution is -2.41. The van der Waals surface area contributed by atoms with Crippen LogP contribution in [-0.2, 0) is 10.0 Å². The minimum atomic E-state index is -4.43. The Morgan fingerprint density at radius 1 is 1.14 bits per heavy atom. The van der Waals surface area contributed by atoms with Gasteiger partial charge in [0.2, 0.25) is 5.88 Å². The van der Waals surface area contributed by atoms with Crippen molar-refractivity contribution >= 4 is 39.4 Å². The molecule has 266 valence electrons. The average Bonchev–Trinajstić information content (AvgIpc) is 3.55. The third-order valence-electron chi connectivity index (χ3n) is 8.98. The van der Waals surface area contributed by atoms with Crippen LogP contribution >= 0.6 is 11.6 Å². The molecule has 3 aromatic heterocycles. The SMILES string of the molecule is Cc1ccc(NCCC[C@@H]2CN(C(=O)O)C(C)(C)C2)nc1S(=O)(=O)NC(=O)c1ccc(-n2ccc(OCCC3(C(F)(F)F)CC3)n2)nc1Cl. The van der Waals surface area contributed by atoms with Gasteiger partial charge in [-0.05, 0) is 89.0 Å². The molecule has 1 atom stereocenters. The fraction of sp³-hybridized carbons (Fsp3) is 0.516. The molecule has 5 rings (SSSR count). The monoisotopic (exact) mass is 727 g/mol. The lowest BCUT2D eigenvalue weighted by molar-refractivity contribution is -0.190. The van der Waals surface area contributed by atoms with Crippen LogP contribution in [0.5, 0.6) is 5.88 Å². The zero-order valence-corrected chi connectivity index (χ0v) is 28.6. The van der Waals surface area contributed by atoms with Crippen molar-refractivity contribution in [1.82, 2.24) is 29.4 Å². The van der Waals surface area contributed by atoms with Crippen LogP contribution in [0.15, 0.2) is 41.6 Å². The minimum Gasteiger partial charge on any atom is -0.477 e. The van der Waals surface area contributed by atoms with Crippen LogP contribution in [0.25, 0.3) is 5.82 Å². The van der Waals surface area contributed by atoms with Crippen molar-refractivity contribution < 1.29 is 41.0 Å². The van der Waals surface area contributed by atoms with Crippen LogP contribution in [0, 0.1) is 18.3 Å². The zero-order chi connectivity index (χ0) is 35.8. The van der Waals surface area contributed by atoms with E-state index in [1.807, 2.05) is 18.6 Å². The van der Waals surface area contributed by atoms with Gasteiger partial charge >= 0.3 is 12.3 Å². The van der Waals surface area contributed by atoms with E-state index in [0.29, 0.717) is 25.1 Å². The summed E-state index contributed by atoms with van der Waals surface area (Å²) in [6, 6.07) is 7.26. The summed E-state index contributed by atoms with van der Waals surface area (Å²) in [7, 11) is -4.43. The van der Waals surface area contributed by atoms with Crippen LogP contribution in [-0.4, -0.2) is 81.6 Å². The van der Waals surface area contributed by atoms with Crippen molar-refractivity contribution in [1.29, 1.82) is 0 Å². The molecule has 0 bridgehead atoms. The van der Waals surface area contributed by atoms with Crippen molar-refractivity contribution in [3.63, 3.8) is 0 Å². The number of aromatic nitrogens is 4. The number of halogens is 4. The molecule has 49 heavy (non-hydrogen) atoms. The van der Waals surface area contributed by atoms with Crippen LogP contribution < -0.4 is 14.8 Å². The normalized spacial score (nSPS) is 18.3. The average molecular weight is 728 g/mol. The molecule has 18 heteroatoms. The van der Waals surface area contributed by atoms with Gasteiger partial charge in [-0.15, -0.1) is 5.10 Å². The van der Waals surface area contributed by atoms with Crippen LogP contribution in [0.1, 0.15) is 68.3 Å². The number of carbonyl (C=O) groups excluding carboxylic acids is 1. The Morgan fingerprint density at radius 2 is 1.88 bits per heavy atom. The number of amides is 2. The third kappa shape index (κ3) is 8.20. The van der Waals surface area contributed by atoms with Gasteiger partial charge in [-0.1, -0.05) is 17.7 Å². The largest absolute Gasteiger partial charge is 0.477 e. The van der Waals surface area contributed by atoms with Crippen molar-refractivity contribution in [3.8, 4) is 11.7 Å². The molecule has 2 fully saturated rings. The van der Waals surface area contributed by atoms with Crippen molar-refractivity contribution in [3.05, 3.63) is 52.8 Å². The molecule has 1 aliphatic heterocycles. The maximum atomic E-state index is 13.2. The first-order valence-corrected chi connectivity index (χ1v) is 17.5. The fourth-order valence-electron chi connectivity index (χ4n) is 6.04. The van der Waals surface area contributed by atoms with Crippen molar-refractivity contribution in [2.24, 2.45) is 11.3 Å². The summed E-state index contributed by atoms with van der Waals surface area (Å²) in [6.45, 7) is 6.12. The molecular weight excluding hydrogens is 691 g/mol. The zero-order valence-electron chi connectivity index (χ0n) is 27.1. The molecule has 3 N–H and O–H groups in total. The van der Waals surface area contributed by atoms with Gasteiger partial charge in [0.1, 0.15) is 11.0 Å².